The largest absolute Gasteiger partial charge is 0.486 e. The van der Waals surface area contributed by atoms with Crippen LogP contribution in [-0.4, -0.2) is 36.1 Å². The molecule has 2 aliphatic rings. The van der Waals surface area contributed by atoms with E-state index in [4.69, 9.17) is 4.74 Å². The monoisotopic (exact) mass is 429 g/mol. The van der Waals surface area contributed by atoms with Crippen molar-refractivity contribution in [1.29, 1.82) is 0 Å². The molecule has 1 amide bonds. The number of amides is 1. The van der Waals surface area contributed by atoms with Crippen LogP contribution in [0, 0.1) is 5.92 Å². The summed E-state index contributed by atoms with van der Waals surface area (Å²) in [4.78, 5) is 18.7. The number of nitrogens with one attached hydrogen (secondary N) is 1. The maximum Gasteiger partial charge on any atom is 0.280 e. The number of alkyl halides is 2. The fraction of sp³-hybridized carbons (Fsp3) is 0.500. The van der Waals surface area contributed by atoms with Crippen LogP contribution >= 0.6 is 0 Å². The number of para-hydroxylation sites is 1. The molecule has 166 valence electrons. The van der Waals surface area contributed by atoms with Crippen LogP contribution in [0.3, 0.4) is 0 Å². The molecular formula is C24H29F2N3O2. The lowest BCUT2D eigenvalue weighted by atomic mass is 9.81. The van der Waals surface area contributed by atoms with E-state index in [-0.39, 0.29) is 23.6 Å². The van der Waals surface area contributed by atoms with Crippen LogP contribution in [0.4, 0.5) is 14.6 Å². The Balaban J connectivity index is 1.38. The highest BCUT2D eigenvalue weighted by molar-refractivity contribution is 5.94. The quantitative estimate of drug-likeness (QED) is 0.744. The topological polar surface area (TPSA) is 54.5 Å². The zero-order valence-electron chi connectivity index (χ0n) is 18.0. The van der Waals surface area contributed by atoms with Gasteiger partial charge in [0, 0.05) is 38.7 Å². The molecule has 0 saturated carbocycles. The number of ether oxygens (including phenoxy) is 1. The number of rotatable bonds is 5. The lowest BCUT2D eigenvalue weighted by Crippen LogP contribution is -2.52. The van der Waals surface area contributed by atoms with Gasteiger partial charge in [-0.1, -0.05) is 26.0 Å². The van der Waals surface area contributed by atoms with E-state index in [1.54, 1.807) is 30.5 Å². The summed E-state index contributed by atoms with van der Waals surface area (Å²) < 4.78 is 35.6. The number of anilines is 1. The molecule has 2 aromatic rings. The van der Waals surface area contributed by atoms with Crippen LogP contribution in [0.2, 0.25) is 0 Å². The van der Waals surface area contributed by atoms with Gasteiger partial charge in [-0.25, -0.2) is 13.8 Å². The first-order valence-corrected chi connectivity index (χ1v) is 10.9. The van der Waals surface area contributed by atoms with E-state index in [1.165, 1.54) is 6.07 Å². The standard InChI is InChI=1S/C24H29F2N3O2/c1-17(2)9-12-27-22(30)18-7-8-21(28-15-18)29-13-10-23(11-14-29)16-24(25,26)19-5-3-4-6-20(19)31-23/h3-8,15,17H,9-14,16H2,1-2H3,(H,27,30). The number of pyridine rings is 1. The minimum Gasteiger partial charge on any atom is -0.486 e. The number of halogens is 2. The van der Waals surface area contributed by atoms with Gasteiger partial charge in [-0.15, -0.1) is 0 Å². The highest BCUT2D eigenvalue weighted by atomic mass is 19.3. The van der Waals surface area contributed by atoms with Gasteiger partial charge in [-0.3, -0.25) is 4.79 Å². The van der Waals surface area contributed by atoms with Crippen molar-refractivity contribution in [3.05, 3.63) is 53.7 Å². The third kappa shape index (κ3) is 4.65. The van der Waals surface area contributed by atoms with Gasteiger partial charge in [-0.05, 0) is 36.6 Å². The number of piperidine rings is 1. The molecule has 1 aromatic heterocycles. The number of nitrogens with zero attached hydrogens (tertiary/aromatic N) is 2. The third-order valence-electron chi connectivity index (χ3n) is 6.17. The molecule has 0 aliphatic carbocycles. The van der Waals surface area contributed by atoms with Crippen LogP contribution in [0.25, 0.3) is 0 Å². The molecule has 1 fully saturated rings. The first kappa shape index (κ1) is 21.5. The number of hydrogen-bond acceptors (Lipinski definition) is 4. The molecule has 7 heteroatoms. The molecule has 1 saturated heterocycles. The van der Waals surface area contributed by atoms with Crippen LogP contribution in [0.15, 0.2) is 42.6 Å². The maximum atomic E-state index is 14.8. The third-order valence-corrected chi connectivity index (χ3v) is 6.17. The van der Waals surface area contributed by atoms with Gasteiger partial charge in [0.15, 0.2) is 0 Å². The molecule has 3 heterocycles. The minimum absolute atomic E-state index is 0.0213. The summed E-state index contributed by atoms with van der Waals surface area (Å²) in [6.45, 7) is 6.02. The fourth-order valence-corrected chi connectivity index (χ4v) is 4.33. The van der Waals surface area contributed by atoms with Crippen molar-refractivity contribution in [3.63, 3.8) is 0 Å². The Morgan fingerprint density at radius 2 is 1.94 bits per heavy atom. The molecule has 5 nitrogen and oxygen atoms in total. The molecule has 0 radical (unpaired) electrons. The number of fused-ring (bicyclic) bond motifs is 1. The summed E-state index contributed by atoms with van der Waals surface area (Å²) in [5.41, 5.74) is -0.357. The Bertz CT molecular complexity index is 923. The fourth-order valence-electron chi connectivity index (χ4n) is 4.33. The highest BCUT2D eigenvalue weighted by Crippen LogP contribution is 2.50. The van der Waals surface area contributed by atoms with Gasteiger partial charge in [0.1, 0.15) is 17.2 Å². The first-order chi connectivity index (χ1) is 14.8. The van der Waals surface area contributed by atoms with Gasteiger partial charge in [0.05, 0.1) is 17.5 Å². The van der Waals surface area contributed by atoms with Crippen LogP contribution in [0.1, 0.15) is 55.5 Å². The number of hydrogen-bond donors (Lipinski definition) is 1. The number of benzene rings is 1. The minimum atomic E-state index is -2.89. The van der Waals surface area contributed by atoms with E-state index in [0.717, 1.165) is 12.2 Å². The van der Waals surface area contributed by atoms with Crippen molar-refractivity contribution in [3.8, 4) is 5.75 Å². The zero-order chi connectivity index (χ0) is 22.1. The smallest absolute Gasteiger partial charge is 0.280 e. The van der Waals surface area contributed by atoms with Crippen molar-refractivity contribution in [2.24, 2.45) is 5.92 Å². The molecule has 1 aromatic carbocycles. The maximum absolute atomic E-state index is 14.8. The molecule has 2 aliphatic heterocycles. The molecular weight excluding hydrogens is 400 g/mol. The predicted octanol–water partition coefficient (Wildman–Crippen LogP) is 4.77. The molecule has 31 heavy (non-hydrogen) atoms. The Kier molecular flexibility index (Phi) is 5.86. The second-order valence-corrected chi connectivity index (χ2v) is 8.99. The van der Waals surface area contributed by atoms with E-state index < -0.39 is 11.5 Å². The highest BCUT2D eigenvalue weighted by Gasteiger charge is 2.51. The van der Waals surface area contributed by atoms with E-state index >= 15 is 0 Å². The summed E-state index contributed by atoms with van der Waals surface area (Å²) in [7, 11) is 0. The Morgan fingerprint density at radius 3 is 2.61 bits per heavy atom. The predicted molar refractivity (Wildman–Crippen MR) is 116 cm³/mol. The van der Waals surface area contributed by atoms with Crippen LogP contribution in [0.5, 0.6) is 5.75 Å². The summed E-state index contributed by atoms with van der Waals surface area (Å²) in [5.74, 6) is -1.45. The van der Waals surface area contributed by atoms with Crippen molar-refractivity contribution in [2.45, 2.75) is 51.1 Å². The van der Waals surface area contributed by atoms with Gasteiger partial charge in [-0.2, -0.15) is 0 Å². The van der Waals surface area contributed by atoms with E-state index in [2.05, 4.69) is 29.0 Å². The van der Waals surface area contributed by atoms with Crippen LogP contribution in [-0.2, 0) is 5.92 Å². The van der Waals surface area contributed by atoms with Gasteiger partial charge in [0.2, 0.25) is 0 Å². The second kappa shape index (κ2) is 8.44. The van der Waals surface area contributed by atoms with Crippen molar-refractivity contribution in [1.82, 2.24) is 10.3 Å². The first-order valence-electron chi connectivity index (χ1n) is 10.9. The zero-order valence-corrected chi connectivity index (χ0v) is 18.0. The number of carbonyl (C=O) groups excluding carboxylic acids is 1. The number of aromatic nitrogens is 1. The Labute approximate surface area is 181 Å². The SMILES string of the molecule is CC(C)CCNC(=O)c1ccc(N2CCC3(CC2)CC(F)(F)c2ccccc2O3)nc1. The van der Waals surface area contributed by atoms with Crippen LogP contribution < -0.4 is 15.0 Å². The molecule has 0 atom stereocenters. The number of carbonyl (C=O) groups is 1. The van der Waals surface area contributed by atoms with Crippen molar-refractivity contribution < 1.29 is 18.3 Å². The summed E-state index contributed by atoms with van der Waals surface area (Å²) in [5, 5.41) is 2.90. The van der Waals surface area contributed by atoms with Gasteiger partial charge < -0.3 is 15.0 Å². The molecule has 4 rings (SSSR count). The average molecular weight is 430 g/mol. The Morgan fingerprint density at radius 1 is 1.19 bits per heavy atom. The Hall–Kier alpha value is -2.70. The lowest BCUT2D eigenvalue weighted by molar-refractivity contribution is -0.114. The van der Waals surface area contributed by atoms with Crippen molar-refractivity contribution in [2.75, 3.05) is 24.5 Å². The van der Waals surface area contributed by atoms with E-state index in [0.29, 0.717) is 44.0 Å². The lowest BCUT2D eigenvalue weighted by Gasteiger charge is -2.46. The van der Waals surface area contributed by atoms with Gasteiger partial charge >= 0.3 is 0 Å². The van der Waals surface area contributed by atoms with E-state index in [9.17, 15) is 13.6 Å². The van der Waals surface area contributed by atoms with Gasteiger partial charge in [0.25, 0.3) is 11.8 Å². The molecule has 0 bridgehead atoms. The molecule has 1 N–H and O–H groups in total. The summed E-state index contributed by atoms with van der Waals surface area (Å²) in [6, 6.07) is 10.0. The summed E-state index contributed by atoms with van der Waals surface area (Å²) in [6.07, 6.45) is 3.20. The molecule has 0 unspecified atom stereocenters. The molecule has 1 spiro atoms. The summed E-state index contributed by atoms with van der Waals surface area (Å²) >= 11 is 0. The average Bonchev–Trinajstić information content (AvgIpc) is 2.73. The normalized spacial score (nSPS) is 19.1. The van der Waals surface area contributed by atoms with Crippen molar-refractivity contribution >= 4 is 11.7 Å². The second-order valence-electron chi connectivity index (χ2n) is 8.99. The van der Waals surface area contributed by atoms with E-state index in [1.807, 2.05) is 6.07 Å².